The highest BCUT2D eigenvalue weighted by atomic mass is 31.1. The molecule has 0 radical (unpaired) electrons. The molecule has 1 aliphatic heterocycles. The van der Waals surface area contributed by atoms with E-state index < -0.39 is 0 Å². The summed E-state index contributed by atoms with van der Waals surface area (Å²) >= 11 is 0. The zero-order valence-electron chi connectivity index (χ0n) is 13.8. The van der Waals surface area contributed by atoms with Crippen LogP contribution in [-0.2, 0) is 0 Å². The van der Waals surface area contributed by atoms with E-state index in [2.05, 4.69) is 48.2 Å². The molecule has 1 rings (SSSR count). The van der Waals surface area contributed by atoms with Crippen molar-refractivity contribution >= 4 is 7.92 Å². The molecular formula is C17H35P. The van der Waals surface area contributed by atoms with Crippen molar-refractivity contribution in [3.63, 3.8) is 0 Å². The molecule has 18 heavy (non-hydrogen) atoms. The smallest absolute Gasteiger partial charge is 0.00688 e. The Balaban J connectivity index is 3.19. The molecule has 0 aliphatic carbocycles. The maximum absolute atomic E-state index is 2.65. The minimum absolute atomic E-state index is 0.128. The summed E-state index contributed by atoms with van der Waals surface area (Å²) in [6.07, 6.45) is 8.47. The molecule has 1 aliphatic rings. The fraction of sp³-hybridized carbons (Fsp3) is 1.00. The molecule has 0 saturated carbocycles. The molecule has 108 valence electrons. The molecule has 0 aromatic heterocycles. The Morgan fingerprint density at radius 3 is 1.72 bits per heavy atom. The van der Waals surface area contributed by atoms with Crippen LogP contribution in [0.5, 0.6) is 0 Å². The standard InChI is InChI=1S/C17H35P/c1-8-12-17(11-4)15(6)13-14(5)16(9-2,10-3)18(17)7/h14-15H,8-13H2,1-7H3. The van der Waals surface area contributed by atoms with Crippen molar-refractivity contribution in [3.05, 3.63) is 0 Å². The van der Waals surface area contributed by atoms with Crippen LogP contribution in [-0.4, -0.2) is 17.0 Å². The van der Waals surface area contributed by atoms with Gasteiger partial charge in [-0.2, -0.15) is 0 Å². The molecule has 0 amide bonds. The quantitative estimate of drug-likeness (QED) is 0.515. The van der Waals surface area contributed by atoms with Crippen molar-refractivity contribution in [2.45, 2.75) is 90.4 Å². The van der Waals surface area contributed by atoms with Gasteiger partial charge in [-0.05, 0) is 60.9 Å². The van der Waals surface area contributed by atoms with E-state index in [4.69, 9.17) is 0 Å². The largest absolute Gasteiger partial charge is 0.0967 e. The summed E-state index contributed by atoms with van der Waals surface area (Å²) in [6, 6.07) is 0. The van der Waals surface area contributed by atoms with Crippen LogP contribution in [0.2, 0.25) is 0 Å². The van der Waals surface area contributed by atoms with Crippen molar-refractivity contribution in [1.82, 2.24) is 0 Å². The van der Waals surface area contributed by atoms with Gasteiger partial charge in [-0.3, -0.25) is 0 Å². The number of rotatable bonds is 5. The molecule has 4 atom stereocenters. The second kappa shape index (κ2) is 6.25. The Morgan fingerprint density at radius 2 is 1.33 bits per heavy atom. The van der Waals surface area contributed by atoms with Crippen LogP contribution in [0.4, 0.5) is 0 Å². The molecule has 1 heteroatoms. The molecule has 0 nitrogen and oxygen atoms in total. The minimum atomic E-state index is 0.128. The maximum Gasteiger partial charge on any atom is -0.00688 e. The van der Waals surface area contributed by atoms with E-state index in [1.54, 1.807) is 0 Å². The minimum Gasteiger partial charge on any atom is -0.0967 e. The fourth-order valence-corrected chi connectivity index (χ4v) is 9.51. The van der Waals surface area contributed by atoms with Crippen molar-refractivity contribution in [1.29, 1.82) is 0 Å². The number of hydrogen-bond acceptors (Lipinski definition) is 0. The first-order valence-electron chi connectivity index (χ1n) is 8.19. The van der Waals surface area contributed by atoms with E-state index in [0.29, 0.717) is 10.3 Å². The van der Waals surface area contributed by atoms with Gasteiger partial charge in [0.2, 0.25) is 0 Å². The van der Waals surface area contributed by atoms with Crippen LogP contribution in [0, 0.1) is 11.8 Å². The molecule has 0 aromatic carbocycles. The van der Waals surface area contributed by atoms with Gasteiger partial charge in [0.1, 0.15) is 0 Å². The van der Waals surface area contributed by atoms with Crippen molar-refractivity contribution in [2.75, 3.05) is 6.66 Å². The lowest BCUT2D eigenvalue weighted by molar-refractivity contribution is 0.216. The molecule has 1 heterocycles. The van der Waals surface area contributed by atoms with E-state index in [0.717, 1.165) is 11.8 Å². The van der Waals surface area contributed by atoms with Crippen molar-refractivity contribution in [2.24, 2.45) is 11.8 Å². The monoisotopic (exact) mass is 270 g/mol. The van der Waals surface area contributed by atoms with Crippen LogP contribution in [0.25, 0.3) is 0 Å². The lowest BCUT2D eigenvalue weighted by atomic mass is 9.74. The summed E-state index contributed by atoms with van der Waals surface area (Å²) in [5, 5.41) is 1.33. The maximum atomic E-state index is 2.65. The highest BCUT2D eigenvalue weighted by molar-refractivity contribution is 7.60. The molecule has 0 bridgehead atoms. The molecule has 0 aromatic rings. The Labute approximate surface area is 117 Å². The summed E-state index contributed by atoms with van der Waals surface area (Å²) < 4.78 is 0. The van der Waals surface area contributed by atoms with E-state index in [1.165, 1.54) is 38.5 Å². The SMILES string of the molecule is CCCC1(CC)C(C)CC(C)C(CC)(CC)P1C. The van der Waals surface area contributed by atoms with Crippen LogP contribution < -0.4 is 0 Å². The lowest BCUT2D eigenvalue weighted by Gasteiger charge is -2.60. The summed E-state index contributed by atoms with van der Waals surface area (Å²) in [7, 11) is 0.128. The normalized spacial score (nSPS) is 39.8. The molecule has 0 N–H and O–H groups in total. The van der Waals surface area contributed by atoms with E-state index in [1.807, 2.05) is 0 Å². The van der Waals surface area contributed by atoms with Gasteiger partial charge < -0.3 is 0 Å². The molecular weight excluding hydrogens is 235 g/mol. The third-order valence-corrected chi connectivity index (χ3v) is 11.1. The Bertz CT molecular complexity index is 256. The number of hydrogen-bond donors (Lipinski definition) is 0. The third-order valence-electron chi connectivity index (χ3n) is 6.40. The van der Waals surface area contributed by atoms with Gasteiger partial charge in [0.05, 0.1) is 0 Å². The summed E-state index contributed by atoms with van der Waals surface area (Å²) in [5.74, 6) is 1.86. The van der Waals surface area contributed by atoms with Gasteiger partial charge in [-0.1, -0.05) is 55.9 Å². The zero-order valence-corrected chi connectivity index (χ0v) is 14.7. The van der Waals surface area contributed by atoms with Crippen LogP contribution in [0.15, 0.2) is 0 Å². The van der Waals surface area contributed by atoms with E-state index in [-0.39, 0.29) is 7.92 Å². The molecule has 4 unspecified atom stereocenters. The first-order chi connectivity index (χ1) is 8.45. The Hall–Kier alpha value is 0.430. The molecule has 1 fully saturated rings. The van der Waals surface area contributed by atoms with Gasteiger partial charge in [0.15, 0.2) is 0 Å². The topological polar surface area (TPSA) is 0 Å². The highest BCUT2D eigenvalue weighted by Gasteiger charge is 2.54. The molecule has 1 saturated heterocycles. The fourth-order valence-electron chi connectivity index (χ4n) is 5.10. The van der Waals surface area contributed by atoms with Gasteiger partial charge >= 0.3 is 0 Å². The predicted octanol–water partition coefficient (Wildman–Crippen LogP) is 6.28. The Morgan fingerprint density at radius 1 is 0.889 bits per heavy atom. The van der Waals surface area contributed by atoms with Crippen LogP contribution >= 0.6 is 7.92 Å². The summed E-state index contributed by atoms with van der Waals surface area (Å²) in [4.78, 5) is 0. The van der Waals surface area contributed by atoms with Crippen molar-refractivity contribution in [3.8, 4) is 0 Å². The summed E-state index contributed by atoms with van der Waals surface area (Å²) in [5.41, 5.74) is 0. The second-order valence-corrected chi connectivity index (χ2v) is 9.51. The highest BCUT2D eigenvalue weighted by Crippen LogP contribution is 2.72. The first kappa shape index (κ1) is 16.5. The van der Waals surface area contributed by atoms with Crippen LogP contribution in [0.1, 0.15) is 80.1 Å². The van der Waals surface area contributed by atoms with Crippen molar-refractivity contribution < 1.29 is 0 Å². The Kier molecular flexibility index (Phi) is 5.73. The van der Waals surface area contributed by atoms with E-state index in [9.17, 15) is 0 Å². The van der Waals surface area contributed by atoms with Gasteiger partial charge in [0.25, 0.3) is 0 Å². The average Bonchev–Trinajstić information content (AvgIpc) is 2.36. The first-order valence-corrected chi connectivity index (χ1v) is 9.97. The predicted molar refractivity (Wildman–Crippen MR) is 87.0 cm³/mol. The third kappa shape index (κ3) is 2.28. The van der Waals surface area contributed by atoms with Crippen LogP contribution in [0.3, 0.4) is 0 Å². The van der Waals surface area contributed by atoms with Gasteiger partial charge in [0, 0.05) is 0 Å². The second-order valence-electron chi connectivity index (χ2n) is 6.61. The van der Waals surface area contributed by atoms with Gasteiger partial charge in [-0.25, -0.2) is 0 Å². The summed E-state index contributed by atoms with van der Waals surface area (Å²) in [6.45, 7) is 17.5. The average molecular weight is 270 g/mol. The molecule has 0 spiro atoms. The van der Waals surface area contributed by atoms with E-state index >= 15 is 0 Å². The van der Waals surface area contributed by atoms with Gasteiger partial charge in [-0.15, -0.1) is 0 Å². The zero-order chi connectivity index (χ0) is 14.0. The lowest BCUT2D eigenvalue weighted by Crippen LogP contribution is -2.50.